The van der Waals surface area contributed by atoms with Crippen molar-refractivity contribution >= 4 is 34.8 Å². The molecule has 0 radical (unpaired) electrons. The van der Waals surface area contributed by atoms with Gasteiger partial charge in [-0.05, 0) is 61.7 Å². The fourth-order valence-corrected chi connectivity index (χ4v) is 2.33. The van der Waals surface area contributed by atoms with Crippen LogP contribution in [0.4, 0.5) is 11.4 Å². The standard InChI is InChI=1S/C17H17ClN2O2/c1-10-7-11(2)9-13(8-10)19-16(21)17(22)20-15-6-4-5-14(18)12(15)3/h4-9H,1-3H3,(H,19,21)(H,20,22). The van der Waals surface area contributed by atoms with E-state index in [1.165, 1.54) is 0 Å². The Hall–Kier alpha value is -2.33. The van der Waals surface area contributed by atoms with Crippen molar-refractivity contribution in [3.05, 3.63) is 58.1 Å². The summed E-state index contributed by atoms with van der Waals surface area (Å²) < 4.78 is 0. The van der Waals surface area contributed by atoms with Gasteiger partial charge in [-0.1, -0.05) is 23.7 Å². The average molecular weight is 317 g/mol. The zero-order chi connectivity index (χ0) is 16.3. The van der Waals surface area contributed by atoms with Crippen molar-refractivity contribution in [3.8, 4) is 0 Å². The zero-order valence-electron chi connectivity index (χ0n) is 12.7. The van der Waals surface area contributed by atoms with Crippen LogP contribution >= 0.6 is 11.6 Å². The summed E-state index contributed by atoms with van der Waals surface area (Å²) >= 11 is 5.99. The molecule has 5 heteroatoms. The second kappa shape index (κ2) is 6.62. The van der Waals surface area contributed by atoms with E-state index < -0.39 is 11.8 Å². The summed E-state index contributed by atoms with van der Waals surface area (Å²) in [7, 11) is 0. The summed E-state index contributed by atoms with van der Waals surface area (Å²) in [4.78, 5) is 24.0. The first-order valence-electron chi connectivity index (χ1n) is 6.82. The molecular formula is C17H17ClN2O2. The molecule has 0 aliphatic carbocycles. The molecule has 0 aromatic heterocycles. The topological polar surface area (TPSA) is 58.2 Å². The summed E-state index contributed by atoms with van der Waals surface area (Å²) in [6.45, 7) is 5.63. The molecular weight excluding hydrogens is 300 g/mol. The number of aryl methyl sites for hydroxylation is 2. The Morgan fingerprint density at radius 3 is 2.14 bits per heavy atom. The van der Waals surface area contributed by atoms with Crippen molar-refractivity contribution in [3.63, 3.8) is 0 Å². The van der Waals surface area contributed by atoms with E-state index in [9.17, 15) is 9.59 Å². The lowest BCUT2D eigenvalue weighted by atomic mass is 10.1. The van der Waals surface area contributed by atoms with Crippen molar-refractivity contribution < 1.29 is 9.59 Å². The maximum absolute atomic E-state index is 12.0. The molecule has 0 fully saturated rings. The van der Waals surface area contributed by atoms with Crippen LogP contribution in [0.3, 0.4) is 0 Å². The fraction of sp³-hybridized carbons (Fsp3) is 0.176. The molecule has 22 heavy (non-hydrogen) atoms. The summed E-state index contributed by atoms with van der Waals surface area (Å²) in [5, 5.41) is 5.69. The zero-order valence-corrected chi connectivity index (χ0v) is 13.4. The predicted molar refractivity (Wildman–Crippen MR) is 89.4 cm³/mol. The van der Waals surface area contributed by atoms with Gasteiger partial charge in [0.2, 0.25) is 0 Å². The van der Waals surface area contributed by atoms with Crippen LogP contribution in [0.15, 0.2) is 36.4 Å². The Bertz CT molecular complexity index is 721. The van der Waals surface area contributed by atoms with Crippen LogP contribution in [0, 0.1) is 20.8 Å². The highest BCUT2D eigenvalue weighted by atomic mass is 35.5. The van der Waals surface area contributed by atoms with Crippen LogP contribution in [-0.2, 0) is 9.59 Å². The van der Waals surface area contributed by atoms with Gasteiger partial charge in [0, 0.05) is 16.4 Å². The smallest absolute Gasteiger partial charge is 0.314 e. The van der Waals surface area contributed by atoms with Crippen LogP contribution in [0.25, 0.3) is 0 Å². The highest BCUT2D eigenvalue weighted by Gasteiger charge is 2.15. The average Bonchev–Trinajstić information content (AvgIpc) is 2.42. The van der Waals surface area contributed by atoms with Crippen LogP contribution in [0.5, 0.6) is 0 Å². The van der Waals surface area contributed by atoms with Gasteiger partial charge in [0.05, 0.1) is 0 Å². The van der Waals surface area contributed by atoms with Gasteiger partial charge in [0.25, 0.3) is 0 Å². The molecule has 0 unspecified atom stereocenters. The van der Waals surface area contributed by atoms with Crippen molar-refractivity contribution in [2.24, 2.45) is 0 Å². The molecule has 114 valence electrons. The van der Waals surface area contributed by atoms with E-state index in [-0.39, 0.29) is 0 Å². The van der Waals surface area contributed by atoms with E-state index in [0.717, 1.165) is 16.7 Å². The van der Waals surface area contributed by atoms with Crippen LogP contribution in [0.2, 0.25) is 5.02 Å². The van der Waals surface area contributed by atoms with Gasteiger partial charge < -0.3 is 10.6 Å². The highest BCUT2D eigenvalue weighted by Crippen LogP contribution is 2.23. The third-order valence-electron chi connectivity index (χ3n) is 3.20. The first-order chi connectivity index (χ1) is 10.4. The molecule has 2 aromatic rings. The van der Waals surface area contributed by atoms with Gasteiger partial charge in [-0.25, -0.2) is 0 Å². The Morgan fingerprint density at radius 1 is 0.909 bits per heavy atom. The summed E-state index contributed by atoms with van der Waals surface area (Å²) in [5.41, 5.74) is 3.87. The summed E-state index contributed by atoms with van der Waals surface area (Å²) in [5.74, 6) is -1.45. The first kappa shape index (κ1) is 16.0. The third kappa shape index (κ3) is 3.86. The molecule has 0 heterocycles. The van der Waals surface area contributed by atoms with E-state index in [1.54, 1.807) is 25.1 Å². The Labute approximate surface area is 134 Å². The SMILES string of the molecule is Cc1cc(C)cc(NC(=O)C(=O)Nc2cccc(Cl)c2C)c1. The molecule has 0 atom stereocenters. The molecule has 2 amide bonds. The number of amides is 2. The number of hydrogen-bond donors (Lipinski definition) is 2. The molecule has 4 nitrogen and oxygen atoms in total. The maximum atomic E-state index is 12.0. The van der Waals surface area contributed by atoms with Crippen LogP contribution < -0.4 is 10.6 Å². The van der Waals surface area contributed by atoms with E-state index in [1.807, 2.05) is 32.0 Å². The van der Waals surface area contributed by atoms with Gasteiger partial charge in [0.15, 0.2) is 0 Å². The minimum Gasteiger partial charge on any atom is -0.318 e. The van der Waals surface area contributed by atoms with Crippen molar-refractivity contribution in [2.75, 3.05) is 10.6 Å². The van der Waals surface area contributed by atoms with Gasteiger partial charge >= 0.3 is 11.8 Å². The highest BCUT2D eigenvalue weighted by molar-refractivity contribution is 6.44. The Kier molecular flexibility index (Phi) is 4.83. The number of carbonyl (C=O) groups is 2. The molecule has 2 aromatic carbocycles. The normalized spacial score (nSPS) is 10.2. The van der Waals surface area contributed by atoms with Gasteiger partial charge in [-0.3, -0.25) is 9.59 Å². The predicted octanol–water partition coefficient (Wildman–Crippen LogP) is 3.84. The van der Waals surface area contributed by atoms with Gasteiger partial charge in [0.1, 0.15) is 0 Å². The van der Waals surface area contributed by atoms with E-state index in [4.69, 9.17) is 11.6 Å². The van der Waals surface area contributed by atoms with E-state index in [2.05, 4.69) is 10.6 Å². The largest absolute Gasteiger partial charge is 0.318 e. The molecule has 0 saturated carbocycles. The van der Waals surface area contributed by atoms with Gasteiger partial charge in [-0.15, -0.1) is 0 Å². The van der Waals surface area contributed by atoms with E-state index >= 15 is 0 Å². The van der Waals surface area contributed by atoms with Crippen molar-refractivity contribution in [1.82, 2.24) is 0 Å². The lowest BCUT2D eigenvalue weighted by molar-refractivity contribution is -0.133. The quantitative estimate of drug-likeness (QED) is 0.827. The molecule has 0 saturated heterocycles. The molecule has 0 spiro atoms. The van der Waals surface area contributed by atoms with Crippen molar-refractivity contribution in [1.29, 1.82) is 0 Å². The number of nitrogens with one attached hydrogen (secondary N) is 2. The molecule has 2 rings (SSSR count). The third-order valence-corrected chi connectivity index (χ3v) is 3.61. The lowest BCUT2D eigenvalue weighted by Crippen LogP contribution is -2.29. The summed E-state index contributed by atoms with van der Waals surface area (Å²) in [6.07, 6.45) is 0. The summed E-state index contributed by atoms with van der Waals surface area (Å²) in [6, 6.07) is 10.7. The molecule has 0 aliphatic rings. The lowest BCUT2D eigenvalue weighted by Gasteiger charge is -2.10. The van der Waals surface area contributed by atoms with Crippen LogP contribution in [-0.4, -0.2) is 11.8 Å². The number of anilines is 2. The second-order valence-corrected chi connectivity index (χ2v) is 5.60. The minimum atomic E-state index is -0.732. The number of rotatable bonds is 2. The van der Waals surface area contributed by atoms with Crippen LogP contribution in [0.1, 0.15) is 16.7 Å². The molecule has 0 bridgehead atoms. The van der Waals surface area contributed by atoms with Crippen molar-refractivity contribution in [2.45, 2.75) is 20.8 Å². The minimum absolute atomic E-state index is 0.521. The Morgan fingerprint density at radius 2 is 1.50 bits per heavy atom. The monoisotopic (exact) mass is 316 g/mol. The fourth-order valence-electron chi connectivity index (χ4n) is 2.16. The van der Waals surface area contributed by atoms with E-state index in [0.29, 0.717) is 16.4 Å². The molecule has 0 aliphatic heterocycles. The molecule has 2 N–H and O–H groups in total. The van der Waals surface area contributed by atoms with Gasteiger partial charge in [-0.2, -0.15) is 0 Å². The first-order valence-corrected chi connectivity index (χ1v) is 7.20. The number of carbonyl (C=O) groups excluding carboxylic acids is 2. The second-order valence-electron chi connectivity index (χ2n) is 5.20. The number of halogens is 1. The maximum Gasteiger partial charge on any atom is 0.314 e. The Balaban J connectivity index is 2.09. The number of hydrogen-bond acceptors (Lipinski definition) is 2. The number of benzene rings is 2.